The summed E-state index contributed by atoms with van der Waals surface area (Å²) in [5.74, 6) is 0.863. The number of piperidine rings is 1. The minimum Gasteiger partial charge on any atom is -0.461 e. The Hall–Kier alpha value is -2.09. The van der Waals surface area contributed by atoms with Gasteiger partial charge in [-0.2, -0.15) is 0 Å². The van der Waals surface area contributed by atoms with Gasteiger partial charge < -0.3 is 9.64 Å². The lowest BCUT2D eigenvalue weighted by Gasteiger charge is -2.31. The van der Waals surface area contributed by atoms with Crippen molar-refractivity contribution in [3.63, 3.8) is 0 Å². The molecule has 0 aromatic carbocycles. The van der Waals surface area contributed by atoms with Crippen molar-refractivity contribution in [2.45, 2.75) is 25.7 Å². The van der Waals surface area contributed by atoms with E-state index in [9.17, 15) is 4.79 Å². The Balaban J connectivity index is 1.61. The van der Waals surface area contributed by atoms with E-state index in [1.165, 1.54) is 11.3 Å². The molecule has 1 fully saturated rings. The van der Waals surface area contributed by atoms with Gasteiger partial charge in [0.2, 0.25) is 5.01 Å². The number of nitrogens with zero attached hydrogens (tertiary/aromatic N) is 5. The largest absolute Gasteiger partial charge is 0.461 e. The molecule has 1 aliphatic rings. The fourth-order valence-electron chi connectivity index (χ4n) is 2.48. The highest BCUT2D eigenvalue weighted by Gasteiger charge is 2.25. The molecule has 0 spiro atoms. The van der Waals surface area contributed by atoms with Crippen molar-refractivity contribution in [1.82, 2.24) is 20.2 Å². The topological polar surface area (TPSA) is 81.1 Å². The van der Waals surface area contributed by atoms with Crippen molar-refractivity contribution in [1.29, 1.82) is 0 Å². The standard InChI is InChI=1S/C14H17N5O2S/c1-2-21-14(20)13-18-17-12(22-13)10-3-7-19(8-4-10)11-9-15-5-6-16-11/h5-6,9-10H,2-4,7-8H2,1H3. The number of aromatic nitrogens is 4. The first-order valence-electron chi connectivity index (χ1n) is 7.29. The van der Waals surface area contributed by atoms with Crippen molar-refractivity contribution in [2.24, 2.45) is 0 Å². The maximum atomic E-state index is 11.6. The van der Waals surface area contributed by atoms with Gasteiger partial charge in [-0.25, -0.2) is 9.78 Å². The summed E-state index contributed by atoms with van der Waals surface area (Å²) in [4.78, 5) is 22.3. The predicted octanol–water partition coefficient (Wildman–Crippen LogP) is 1.89. The van der Waals surface area contributed by atoms with Gasteiger partial charge in [0.1, 0.15) is 10.8 Å². The van der Waals surface area contributed by atoms with Gasteiger partial charge in [-0.15, -0.1) is 10.2 Å². The molecule has 0 aliphatic carbocycles. The Morgan fingerprint density at radius 2 is 2.18 bits per heavy atom. The summed E-state index contributed by atoms with van der Waals surface area (Å²) >= 11 is 1.34. The van der Waals surface area contributed by atoms with Crippen molar-refractivity contribution in [2.75, 3.05) is 24.6 Å². The molecule has 0 radical (unpaired) electrons. The monoisotopic (exact) mass is 319 g/mol. The van der Waals surface area contributed by atoms with E-state index in [0.717, 1.165) is 36.8 Å². The van der Waals surface area contributed by atoms with E-state index in [4.69, 9.17) is 4.74 Å². The minimum absolute atomic E-state index is 0.341. The second-order valence-corrected chi connectivity index (χ2v) is 6.00. The van der Waals surface area contributed by atoms with Crippen molar-refractivity contribution in [3.05, 3.63) is 28.6 Å². The number of esters is 1. The van der Waals surface area contributed by atoms with E-state index in [-0.39, 0.29) is 5.97 Å². The summed E-state index contributed by atoms with van der Waals surface area (Å²) in [5.41, 5.74) is 0. The van der Waals surface area contributed by atoms with Crippen molar-refractivity contribution < 1.29 is 9.53 Å². The quantitative estimate of drug-likeness (QED) is 0.796. The van der Waals surface area contributed by atoms with Crippen LogP contribution < -0.4 is 4.90 Å². The Morgan fingerprint density at radius 1 is 1.36 bits per heavy atom. The number of ether oxygens (including phenoxy) is 1. The van der Waals surface area contributed by atoms with E-state index in [0.29, 0.717) is 17.5 Å². The van der Waals surface area contributed by atoms with Crippen LogP contribution in [0.4, 0.5) is 5.82 Å². The van der Waals surface area contributed by atoms with Crippen LogP contribution in [0, 0.1) is 0 Å². The molecule has 1 saturated heterocycles. The Labute approximate surface area is 132 Å². The van der Waals surface area contributed by atoms with Crippen LogP contribution in [0.3, 0.4) is 0 Å². The Bertz CT molecular complexity index is 625. The number of hydrogen-bond acceptors (Lipinski definition) is 8. The number of carbonyl (C=O) groups is 1. The Morgan fingerprint density at radius 3 is 2.86 bits per heavy atom. The van der Waals surface area contributed by atoms with E-state index >= 15 is 0 Å². The predicted molar refractivity (Wildman–Crippen MR) is 82.1 cm³/mol. The molecule has 2 aromatic rings. The van der Waals surface area contributed by atoms with Gasteiger partial charge in [0.25, 0.3) is 0 Å². The van der Waals surface area contributed by atoms with Crippen LogP contribution in [0.2, 0.25) is 0 Å². The smallest absolute Gasteiger partial charge is 0.369 e. The molecule has 0 unspecified atom stereocenters. The number of carbonyl (C=O) groups excluding carboxylic acids is 1. The van der Waals surface area contributed by atoms with E-state index in [2.05, 4.69) is 25.1 Å². The molecular formula is C14H17N5O2S. The molecule has 0 bridgehead atoms. The van der Waals surface area contributed by atoms with Gasteiger partial charge in [0.15, 0.2) is 0 Å². The zero-order valence-electron chi connectivity index (χ0n) is 12.3. The van der Waals surface area contributed by atoms with Crippen LogP contribution in [0.15, 0.2) is 18.6 Å². The fourth-order valence-corrected chi connectivity index (χ4v) is 3.39. The van der Waals surface area contributed by atoms with E-state index in [1.54, 1.807) is 25.5 Å². The van der Waals surface area contributed by atoms with Crippen LogP contribution >= 0.6 is 11.3 Å². The second-order valence-electron chi connectivity index (χ2n) is 4.99. The second kappa shape index (κ2) is 6.78. The lowest BCUT2D eigenvalue weighted by atomic mass is 9.98. The van der Waals surface area contributed by atoms with Crippen LogP contribution in [0.1, 0.15) is 40.5 Å². The normalized spacial score (nSPS) is 15.8. The van der Waals surface area contributed by atoms with Crippen LogP contribution in [-0.4, -0.2) is 45.8 Å². The molecule has 116 valence electrons. The molecule has 22 heavy (non-hydrogen) atoms. The first-order chi connectivity index (χ1) is 10.8. The summed E-state index contributed by atoms with van der Waals surface area (Å²) < 4.78 is 4.95. The van der Waals surface area contributed by atoms with Crippen LogP contribution in [0.5, 0.6) is 0 Å². The number of hydrogen-bond donors (Lipinski definition) is 0. The molecule has 1 aliphatic heterocycles. The summed E-state index contributed by atoms with van der Waals surface area (Å²) in [6.45, 7) is 3.93. The molecular weight excluding hydrogens is 302 g/mol. The van der Waals surface area contributed by atoms with E-state index in [1.807, 2.05) is 0 Å². The minimum atomic E-state index is -0.386. The summed E-state index contributed by atoms with van der Waals surface area (Å²) in [6, 6.07) is 0. The third kappa shape index (κ3) is 3.22. The summed E-state index contributed by atoms with van der Waals surface area (Å²) in [7, 11) is 0. The van der Waals surface area contributed by atoms with Crippen molar-refractivity contribution in [3.8, 4) is 0 Å². The van der Waals surface area contributed by atoms with Gasteiger partial charge in [0, 0.05) is 31.4 Å². The molecule has 7 nitrogen and oxygen atoms in total. The molecule has 3 rings (SSSR count). The Kier molecular flexibility index (Phi) is 4.57. The molecule has 3 heterocycles. The maximum absolute atomic E-state index is 11.6. The summed E-state index contributed by atoms with van der Waals surface area (Å²) in [5, 5.41) is 9.37. The zero-order chi connectivity index (χ0) is 15.4. The van der Waals surface area contributed by atoms with Gasteiger partial charge >= 0.3 is 5.97 Å². The zero-order valence-corrected chi connectivity index (χ0v) is 13.1. The van der Waals surface area contributed by atoms with Gasteiger partial charge in [-0.05, 0) is 19.8 Å². The van der Waals surface area contributed by atoms with Gasteiger partial charge in [0.05, 0.1) is 12.8 Å². The highest BCUT2D eigenvalue weighted by Crippen LogP contribution is 2.31. The lowest BCUT2D eigenvalue weighted by Crippen LogP contribution is -2.33. The number of rotatable bonds is 4. The van der Waals surface area contributed by atoms with Crippen molar-refractivity contribution >= 4 is 23.1 Å². The first-order valence-corrected chi connectivity index (χ1v) is 8.11. The number of anilines is 1. The highest BCUT2D eigenvalue weighted by atomic mass is 32.1. The maximum Gasteiger partial charge on any atom is 0.369 e. The molecule has 8 heteroatoms. The van der Waals surface area contributed by atoms with Gasteiger partial charge in [-0.3, -0.25) is 4.98 Å². The lowest BCUT2D eigenvalue weighted by molar-refractivity contribution is 0.0525. The van der Waals surface area contributed by atoms with Crippen LogP contribution in [0.25, 0.3) is 0 Å². The molecule has 2 aromatic heterocycles. The van der Waals surface area contributed by atoms with E-state index < -0.39 is 0 Å². The third-order valence-corrected chi connectivity index (χ3v) is 4.67. The molecule has 0 saturated carbocycles. The SMILES string of the molecule is CCOC(=O)c1nnc(C2CCN(c3cnccn3)CC2)s1. The average Bonchev–Trinajstić information content (AvgIpc) is 3.06. The van der Waals surface area contributed by atoms with Crippen LogP contribution in [-0.2, 0) is 4.74 Å². The highest BCUT2D eigenvalue weighted by molar-refractivity contribution is 7.13. The molecule has 0 N–H and O–H groups in total. The molecule has 0 atom stereocenters. The first kappa shape index (κ1) is 14.8. The average molecular weight is 319 g/mol. The third-order valence-electron chi connectivity index (χ3n) is 3.61. The fraction of sp³-hybridized carbons (Fsp3) is 0.500. The summed E-state index contributed by atoms with van der Waals surface area (Å²) in [6.07, 6.45) is 7.10. The van der Waals surface area contributed by atoms with Gasteiger partial charge in [-0.1, -0.05) is 11.3 Å². The molecule has 0 amide bonds.